The molecule has 2 N–H and O–H groups in total. The van der Waals surface area contributed by atoms with Crippen LogP contribution >= 0.6 is 11.6 Å². The minimum absolute atomic E-state index is 0.0113. The first-order chi connectivity index (χ1) is 16.9. The first-order valence-electron chi connectivity index (χ1n) is 11.2. The molecule has 1 fully saturated rings. The van der Waals surface area contributed by atoms with Gasteiger partial charge in [0, 0.05) is 30.2 Å². The maximum Gasteiger partial charge on any atom is 0.265 e. The molecule has 0 aromatic heterocycles. The maximum absolute atomic E-state index is 13.3. The van der Waals surface area contributed by atoms with E-state index in [0.717, 1.165) is 16.7 Å². The largest absolute Gasteiger partial charge is 0.493 e. The zero-order valence-corrected chi connectivity index (χ0v) is 20.5. The predicted octanol–water partition coefficient (Wildman–Crippen LogP) is 4.46. The van der Waals surface area contributed by atoms with Crippen molar-refractivity contribution in [3.8, 4) is 16.9 Å². The van der Waals surface area contributed by atoms with Gasteiger partial charge in [0.25, 0.3) is 5.91 Å². The van der Waals surface area contributed by atoms with Crippen LogP contribution in [0.5, 0.6) is 5.75 Å². The SMILES string of the molecule is O=C(NO)C1(S(=O)(=O)c2ccc(OCCc3cccc(-c4ccccc4Cl)c3)cc2)CCOCC1. The molecule has 1 aliphatic rings. The molecule has 4 rings (SSSR count). The predicted molar refractivity (Wildman–Crippen MR) is 132 cm³/mol. The first kappa shape index (κ1) is 25.2. The van der Waals surface area contributed by atoms with Crippen molar-refractivity contribution in [2.24, 2.45) is 0 Å². The van der Waals surface area contributed by atoms with E-state index in [1.807, 2.05) is 42.5 Å². The lowest BCUT2D eigenvalue weighted by Crippen LogP contribution is -2.54. The number of hydrogen-bond acceptors (Lipinski definition) is 6. The number of ether oxygens (including phenoxy) is 2. The second-order valence-electron chi connectivity index (χ2n) is 8.30. The summed E-state index contributed by atoms with van der Waals surface area (Å²) in [5.41, 5.74) is 4.59. The Morgan fingerprint density at radius 3 is 2.43 bits per heavy atom. The third-order valence-corrected chi connectivity index (χ3v) is 9.08. The minimum atomic E-state index is -4.07. The first-order valence-corrected chi connectivity index (χ1v) is 13.1. The number of halogens is 1. The standard InChI is InChI=1S/C26H26ClNO6S/c27-24-7-2-1-6-23(24)20-5-3-4-19(18-20)12-15-34-21-8-10-22(11-9-21)35(31,32)26(25(29)28-30)13-16-33-17-14-26/h1-11,18,30H,12-17H2,(H,28,29). The molecule has 1 saturated heterocycles. The second-order valence-corrected chi connectivity index (χ2v) is 11.0. The molecule has 0 aliphatic carbocycles. The van der Waals surface area contributed by atoms with E-state index >= 15 is 0 Å². The number of hydrogen-bond donors (Lipinski definition) is 2. The number of sulfone groups is 1. The highest BCUT2D eigenvalue weighted by molar-refractivity contribution is 7.93. The van der Waals surface area contributed by atoms with E-state index in [2.05, 4.69) is 6.07 Å². The topological polar surface area (TPSA) is 102 Å². The Labute approximate surface area is 209 Å². The third-order valence-electron chi connectivity index (χ3n) is 6.24. The highest BCUT2D eigenvalue weighted by Crippen LogP contribution is 2.36. The van der Waals surface area contributed by atoms with Crippen LogP contribution in [0.3, 0.4) is 0 Å². The van der Waals surface area contributed by atoms with Gasteiger partial charge in [-0.05, 0) is 54.3 Å². The van der Waals surface area contributed by atoms with Gasteiger partial charge in [0.2, 0.25) is 0 Å². The second kappa shape index (κ2) is 10.8. The molecule has 0 bridgehead atoms. The van der Waals surface area contributed by atoms with Crippen molar-refractivity contribution in [3.63, 3.8) is 0 Å². The number of hydroxylamine groups is 1. The van der Waals surface area contributed by atoms with E-state index in [0.29, 0.717) is 23.8 Å². The van der Waals surface area contributed by atoms with Gasteiger partial charge in [0.05, 0.1) is 11.5 Å². The number of rotatable bonds is 8. The lowest BCUT2D eigenvalue weighted by atomic mass is 9.98. The summed E-state index contributed by atoms with van der Waals surface area (Å²) in [4.78, 5) is 12.3. The van der Waals surface area contributed by atoms with Crippen molar-refractivity contribution in [2.75, 3.05) is 19.8 Å². The molecular formula is C26H26ClNO6S. The van der Waals surface area contributed by atoms with Crippen LogP contribution in [-0.4, -0.2) is 44.1 Å². The van der Waals surface area contributed by atoms with Gasteiger partial charge in [-0.15, -0.1) is 0 Å². The van der Waals surface area contributed by atoms with E-state index in [1.54, 1.807) is 12.1 Å². The fourth-order valence-corrected chi connectivity index (χ4v) is 6.42. The van der Waals surface area contributed by atoms with Crippen molar-refractivity contribution in [2.45, 2.75) is 28.9 Å². The summed E-state index contributed by atoms with van der Waals surface area (Å²) in [6, 6.07) is 21.7. The molecule has 3 aromatic rings. The van der Waals surface area contributed by atoms with Gasteiger partial charge in [-0.2, -0.15) is 0 Å². The number of amides is 1. The molecule has 184 valence electrons. The smallest absolute Gasteiger partial charge is 0.265 e. The van der Waals surface area contributed by atoms with Gasteiger partial charge in [0.1, 0.15) is 5.75 Å². The molecule has 7 nitrogen and oxygen atoms in total. The van der Waals surface area contributed by atoms with Gasteiger partial charge in [-0.1, -0.05) is 54.1 Å². The monoisotopic (exact) mass is 515 g/mol. The van der Waals surface area contributed by atoms with E-state index in [-0.39, 0.29) is 31.0 Å². The number of carbonyl (C=O) groups excluding carboxylic acids is 1. The molecule has 0 saturated carbocycles. The van der Waals surface area contributed by atoms with Crippen LogP contribution < -0.4 is 10.2 Å². The quantitative estimate of drug-likeness (QED) is 0.339. The lowest BCUT2D eigenvalue weighted by molar-refractivity contribution is -0.134. The average Bonchev–Trinajstić information content (AvgIpc) is 2.89. The van der Waals surface area contributed by atoms with Crippen LogP contribution in [0, 0.1) is 0 Å². The Morgan fingerprint density at radius 1 is 1.03 bits per heavy atom. The highest BCUT2D eigenvalue weighted by atomic mass is 35.5. The molecule has 35 heavy (non-hydrogen) atoms. The van der Waals surface area contributed by atoms with Crippen molar-refractivity contribution < 1.29 is 27.9 Å². The summed E-state index contributed by atoms with van der Waals surface area (Å²) in [5.74, 6) is -0.431. The average molecular weight is 516 g/mol. The maximum atomic E-state index is 13.3. The van der Waals surface area contributed by atoms with Crippen LogP contribution in [0.1, 0.15) is 18.4 Å². The molecule has 9 heteroatoms. The Kier molecular flexibility index (Phi) is 7.76. The Morgan fingerprint density at radius 2 is 1.74 bits per heavy atom. The Balaban J connectivity index is 1.43. The number of nitrogens with one attached hydrogen (secondary N) is 1. The normalized spacial score (nSPS) is 15.4. The molecule has 0 radical (unpaired) electrons. The van der Waals surface area contributed by atoms with E-state index in [4.69, 9.17) is 26.3 Å². The van der Waals surface area contributed by atoms with E-state index in [9.17, 15) is 13.2 Å². The van der Waals surface area contributed by atoms with Crippen LogP contribution in [0.25, 0.3) is 11.1 Å². The van der Waals surface area contributed by atoms with Crippen LogP contribution in [0.4, 0.5) is 0 Å². The van der Waals surface area contributed by atoms with Crippen molar-refractivity contribution >= 4 is 27.3 Å². The number of benzene rings is 3. The fraction of sp³-hybridized carbons (Fsp3) is 0.269. The van der Waals surface area contributed by atoms with Crippen LogP contribution in [0.15, 0.2) is 77.7 Å². The van der Waals surface area contributed by atoms with Gasteiger partial charge < -0.3 is 9.47 Å². The molecule has 1 aliphatic heterocycles. The zero-order chi connectivity index (χ0) is 24.9. The summed E-state index contributed by atoms with van der Waals surface area (Å²) in [6.07, 6.45) is 0.582. The lowest BCUT2D eigenvalue weighted by Gasteiger charge is -2.34. The summed E-state index contributed by atoms with van der Waals surface area (Å²) >= 11 is 6.32. The summed E-state index contributed by atoms with van der Waals surface area (Å²) in [7, 11) is -4.07. The number of carbonyl (C=O) groups is 1. The molecular weight excluding hydrogens is 490 g/mol. The van der Waals surface area contributed by atoms with Gasteiger partial charge in [0.15, 0.2) is 14.6 Å². The van der Waals surface area contributed by atoms with E-state index < -0.39 is 20.5 Å². The molecule has 1 amide bonds. The molecule has 0 unspecified atom stereocenters. The summed E-state index contributed by atoms with van der Waals surface area (Å²) < 4.78 is 35.9. The fourth-order valence-electron chi connectivity index (χ4n) is 4.24. The minimum Gasteiger partial charge on any atom is -0.493 e. The molecule has 0 spiro atoms. The van der Waals surface area contributed by atoms with Crippen molar-refractivity contribution in [1.82, 2.24) is 5.48 Å². The Bertz CT molecular complexity index is 1290. The van der Waals surface area contributed by atoms with Gasteiger partial charge in [-0.25, -0.2) is 13.9 Å². The molecule has 0 atom stereocenters. The van der Waals surface area contributed by atoms with Gasteiger partial charge in [-0.3, -0.25) is 10.0 Å². The zero-order valence-electron chi connectivity index (χ0n) is 18.9. The van der Waals surface area contributed by atoms with Crippen LogP contribution in [-0.2, 0) is 25.8 Å². The Hall–Kier alpha value is -2.91. The highest BCUT2D eigenvalue weighted by Gasteiger charge is 2.52. The third kappa shape index (κ3) is 5.21. The van der Waals surface area contributed by atoms with Crippen molar-refractivity contribution in [1.29, 1.82) is 0 Å². The van der Waals surface area contributed by atoms with E-state index in [1.165, 1.54) is 17.6 Å². The van der Waals surface area contributed by atoms with Gasteiger partial charge >= 0.3 is 0 Å². The molecule has 3 aromatic carbocycles. The summed E-state index contributed by atoms with van der Waals surface area (Å²) in [6.45, 7) is 0.628. The summed E-state index contributed by atoms with van der Waals surface area (Å²) in [5, 5.41) is 9.85. The molecule has 1 heterocycles. The van der Waals surface area contributed by atoms with Crippen molar-refractivity contribution in [3.05, 3.63) is 83.4 Å². The van der Waals surface area contributed by atoms with Crippen LogP contribution in [0.2, 0.25) is 5.02 Å².